The molecule has 0 fully saturated rings. The predicted octanol–water partition coefficient (Wildman–Crippen LogP) is 2.45. The van der Waals surface area contributed by atoms with Crippen molar-refractivity contribution in [2.75, 3.05) is 7.11 Å². The first kappa shape index (κ1) is 11.6. The Kier molecular flexibility index (Phi) is 3.40. The molecular weight excluding hydrogens is 212 g/mol. The Balaban J connectivity index is 2.32. The molecule has 0 aliphatic carbocycles. The summed E-state index contributed by atoms with van der Waals surface area (Å²) in [5, 5.41) is 0. The zero-order valence-corrected chi connectivity index (χ0v) is 10.1. The van der Waals surface area contributed by atoms with E-state index in [0.29, 0.717) is 5.88 Å². The summed E-state index contributed by atoms with van der Waals surface area (Å²) in [5.74, 6) is 0.647. The minimum Gasteiger partial charge on any atom is -0.481 e. The molecule has 0 radical (unpaired) electrons. The van der Waals surface area contributed by atoms with Gasteiger partial charge >= 0.3 is 0 Å². The highest BCUT2D eigenvalue weighted by molar-refractivity contribution is 5.35. The van der Waals surface area contributed by atoms with Crippen LogP contribution in [0.4, 0.5) is 0 Å². The topological polar surface area (TPSA) is 48.1 Å². The number of ether oxygens (including phenoxy) is 1. The average Bonchev–Trinajstić information content (AvgIpc) is 2.39. The first-order chi connectivity index (χ1) is 8.22. The largest absolute Gasteiger partial charge is 0.481 e. The minimum atomic E-state index is -0.145. The molecule has 0 amide bonds. The van der Waals surface area contributed by atoms with Gasteiger partial charge in [0.25, 0.3) is 0 Å². The van der Waals surface area contributed by atoms with Gasteiger partial charge in [-0.25, -0.2) is 4.98 Å². The van der Waals surface area contributed by atoms with Crippen LogP contribution in [0.2, 0.25) is 0 Å². The van der Waals surface area contributed by atoms with Gasteiger partial charge in [0.05, 0.1) is 13.2 Å². The maximum Gasteiger partial charge on any atom is 0.215 e. The first-order valence-electron chi connectivity index (χ1n) is 5.53. The van der Waals surface area contributed by atoms with Gasteiger partial charge in [-0.2, -0.15) is 0 Å². The summed E-state index contributed by atoms with van der Waals surface area (Å²) in [6.07, 6.45) is 1.77. The van der Waals surface area contributed by atoms with Crippen molar-refractivity contribution >= 4 is 0 Å². The van der Waals surface area contributed by atoms with E-state index in [1.54, 1.807) is 13.3 Å². The van der Waals surface area contributed by atoms with E-state index >= 15 is 0 Å². The van der Waals surface area contributed by atoms with Crippen molar-refractivity contribution < 1.29 is 4.74 Å². The number of pyridine rings is 1. The number of hydrogen-bond donors (Lipinski definition) is 1. The Labute approximate surface area is 101 Å². The maximum absolute atomic E-state index is 6.20. The summed E-state index contributed by atoms with van der Waals surface area (Å²) in [6.45, 7) is 1.97. The number of hydrogen-bond acceptors (Lipinski definition) is 3. The molecule has 0 unspecified atom stereocenters. The van der Waals surface area contributed by atoms with E-state index < -0.39 is 0 Å². The van der Waals surface area contributed by atoms with E-state index in [0.717, 1.165) is 16.7 Å². The van der Waals surface area contributed by atoms with E-state index in [9.17, 15) is 0 Å². The molecule has 1 aromatic carbocycles. The van der Waals surface area contributed by atoms with Gasteiger partial charge in [-0.3, -0.25) is 0 Å². The second-order valence-electron chi connectivity index (χ2n) is 3.98. The van der Waals surface area contributed by atoms with Crippen LogP contribution in [-0.4, -0.2) is 12.1 Å². The number of nitrogens with zero attached hydrogens (tertiary/aromatic N) is 1. The summed E-state index contributed by atoms with van der Waals surface area (Å²) < 4.78 is 5.13. The third kappa shape index (κ3) is 2.45. The summed E-state index contributed by atoms with van der Waals surface area (Å²) in [4.78, 5) is 4.24. The number of rotatable bonds is 3. The van der Waals surface area contributed by atoms with Gasteiger partial charge in [0.1, 0.15) is 0 Å². The molecule has 0 saturated heterocycles. The lowest BCUT2D eigenvalue weighted by molar-refractivity contribution is 0.394. The van der Waals surface area contributed by atoms with Crippen LogP contribution < -0.4 is 10.5 Å². The fourth-order valence-electron chi connectivity index (χ4n) is 1.82. The number of benzene rings is 1. The molecular formula is C14H16N2O. The van der Waals surface area contributed by atoms with E-state index in [1.807, 2.05) is 43.3 Å². The lowest BCUT2D eigenvalue weighted by Gasteiger charge is -2.13. The minimum absolute atomic E-state index is 0.145. The number of nitrogens with two attached hydrogens (primary N) is 1. The lowest BCUT2D eigenvalue weighted by atomic mass is 10.0. The highest BCUT2D eigenvalue weighted by atomic mass is 16.5. The molecule has 0 saturated carbocycles. The van der Waals surface area contributed by atoms with Crippen LogP contribution in [0, 0.1) is 6.92 Å². The standard InChI is InChI=1S/C14H16N2O/c1-10-8-12(9-16-14(10)17-2)13(15)11-6-4-3-5-7-11/h3-9,13H,15H2,1-2H3/t13-/m1/s1. The van der Waals surface area contributed by atoms with Crippen LogP contribution in [0.25, 0.3) is 0 Å². The van der Waals surface area contributed by atoms with Gasteiger partial charge in [0.15, 0.2) is 0 Å². The average molecular weight is 228 g/mol. The fraction of sp³-hybridized carbons (Fsp3) is 0.214. The lowest BCUT2D eigenvalue weighted by Crippen LogP contribution is -2.12. The summed E-state index contributed by atoms with van der Waals surface area (Å²) in [7, 11) is 1.62. The predicted molar refractivity (Wildman–Crippen MR) is 68.0 cm³/mol. The van der Waals surface area contributed by atoms with Crippen molar-refractivity contribution in [2.24, 2.45) is 5.73 Å². The monoisotopic (exact) mass is 228 g/mol. The van der Waals surface area contributed by atoms with Gasteiger partial charge < -0.3 is 10.5 Å². The third-order valence-electron chi connectivity index (χ3n) is 2.76. The smallest absolute Gasteiger partial charge is 0.215 e. The second-order valence-corrected chi connectivity index (χ2v) is 3.98. The van der Waals surface area contributed by atoms with E-state index in [4.69, 9.17) is 10.5 Å². The summed E-state index contributed by atoms with van der Waals surface area (Å²) >= 11 is 0. The van der Waals surface area contributed by atoms with Gasteiger partial charge in [-0.05, 0) is 24.1 Å². The van der Waals surface area contributed by atoms with E-state index in [1.165, 1.54) is 0 Å². The number of aromatic nitrogens is 1. The van der Waals surface area contributed by atoms with Crippen molar-refractivity contribution in [2.45, 2.75) is 13.0 Å². The Morgan fingerprint density at radius 3 is 2.47 bits per heavy atom. The second kappa shape index (κ2) is 4.97. The maximum atomic E-state index is 6.20. The van der Waals surface area contributed by atoms with E-state index in [-0.39, 0.29) is 6.04 Å². The van der Waals surface area contributed by atoms with Crippen molar-refractivity contribution in [3.8, 4) is 5.88 Å². The number of methoxy groups -OCH3 is 1. The molecule has 2 rings (SSSR count). The Morgan fingerprint density at radius 1 is 1.18 bits per heavy atom. The fourth-order valence-corrected chi connectivity index (χ4v) is 1.82. The summed E-state index contributed by atoms with van der Waals surface area (Å²) in [5.41, 5.74) is 9.27. The van der Waals surface area contributed by atoms with Gasteiger partial charge in [0.2, 0.25) is 5.88 Å². The molecule has 2 aromatic rings. The van der Waals surface area contributed by atoms with Gasteiger partial charge in [-0.1, -0.05) is 30.3 Å². The zero-order chi connectivity index (χ0) is 12.3. The first-order valence-corrected chi connectivity index (χ1v) is 5.53. The van der Waals surface area contributed by atoms with Gasteiger partial charge in [0, 0.05) is 11.8 Å². The third-order valence-corrected chi connectivity index (χ3v) is 2.76. The van der Waals surface area contributed by atoms with Crippen molar-refractivity contribution in [1.29, 1.82) is 0 Å². The molecule has 0 aliphatic heterocycles. The molecule has 2 N–H and O–H groups in total. The van der Waals surface area contributed by atoms with Crippen LogP contribution in [0.5, 0.6) is 5.88 Å². The Morgan fingerprint density at radius 2 is 1.88 bits per heavy atom. The van der Waals surface area contributed by atoms with Crippen LogP contribution in [0.1, 0.15) is 22.7 Å². The van der Waals surface area contributed by atoms with Gasteiger partial charge in [-0.15, -0.1) is 0 Å². The molecule has 88 valence electrons. The van der Waals surface area contributed by atoms with Crippen molar-refractivity contribution in [1.82, 2.24) is 4.98 Å². The SMILES string of the molecule is COc1ncc([C@H](N)c2ccccc2)cc1C. The van der Waals surface area contributed by atoms with Crippen LogP contribution in [0.15, 0.2) is 42.6 Å². The molecule has 1 aromatic heterocycles. The van der Waals surface area contributed by atoms with Crippen molar-refractivity contribution in [3.05, 3.63) is 59.3 Å². The molecule has 3 nitrogen and oxygen atoms in total. The Hall–Kier alpha value is -1.87. The zero-order valence-electron chi connectivity index (χ0n) is 10.1. The molecule has 17 heavy (non-hydrogen) atoms. The highest BCUT2D eigenvalue weighted by Crippen LogP contribution is 2.22. The number of aryl methyl sites for hydroxylation is 1. The summed E-state index contributed by atoms with van der Waals surface area (Å²) in [6, 6.07) is 11.9. The molecule has 0 spiro atoms. The quantitative estimate of drug-likeness (QED) is 0.877. The highest BCUT2D eigenvalue weighted by Gasteiger charge is 2.10. The molecule has 0 bridgehead atoms. The van der Waals surface area contributed by atoms with E-state index in [2.05, 4.69) is 4.98 Å². The Bertz CT molecular complexity index is 497. The molecule has 1 atom stereocenters. The molecule has 1 heterocycles. The molecule has 0 aliphatic rings. The molecule has 3 heteroatoms. The van der Waals surface area contributed by atoms with Crippen LogP contribution in [0.3, 0.4) is 0 Å². The van der Waals surface area contributed by atoms with Crippen LogP contribution in [-0.2, 0) is 0 Å². The van der Waals surface area contributed by atoms with Crippen molar-refractivity contribution in [3.63, 3.8) is 0 Å². The normalized spacial score (nSPS) is 12.2. The van der Waals surface area contributed by atoms with Crippen LogP contribution >= 0.6 is 0 Å².